The van der Waals surface area contributed by atoms with Gasteiger partial charge in [0.25, 0.3) is 5.97 Å². The smallest absolute Gasteiger partial charge is 0.300 e. The first-order chi connectivity index (χ1) is 1.73. The second-order valence-corrected chi connectivity index (χ2v) is 0.519. The van der Waals surface area contributed by atoms with Crippen LogP contribution in [-0.2, 0) is 21.3 Å². The zero-order chi connectivity index (χ0) is 3.58. The molecule has 0 bridgehead atoms. The fourth-order valence-corrected chi connectivity index (χ4v) is 0. The molecular weight excluding hydrogens is 242 g/mol. The van der Waals surface area contributed by atoms with Crippen LogP contribution in [0.4, 0.5) is 0 Å². The second kappa shape index (κ2) is 9.19. The van der Waals surface area contributed by atoms with E-state index in [4.69, 9.17) is 9.90 Å². The Bertz CT molecular complexity index is 34.5. The molecule has 0 fully saturated rings. The summed E-state index contributed by atoms with van der Waals surface area (Å²) in [7, 11) is 0. The van der Waals surface area contributed by atoms with Crippen molar-refractivity contribution in [2.24, 2.45) is 0 Å². The van der Waals surface area contributed by atoms with Crippen molar-refractivity contribution < 1.29 is 26.4 Å². The van der Waals surface area contributed by atoms with Gasteiger partial charge in [0, 0.05) is 23.4 Å². The van der Waals surface area contributed by atoms with E-state index in [0.717, 1.165) is 6.92 Å². The average molecular weight is 247 g/mol. The first-order valence-corrected chi connectivity index (χ1v) is 0.928. The summed E-state index contributed by atoms with van der Waals surface area (Å²) in [6.07, 6.45) is 0. The molecule has 0 saturated carbocycles. The monoisotopic (exact) mass is 246 g/mol. The van der Waals surface area contributed by atoms with E-state index >= 15 is 0 Å². The maximum Gasteiger partial charge on any atom is 0.300 e. The maximum atomic E-state index is 9.00. The molecular formula is C2H5INiO2. The molecule has 0 aliphatic carbocycles. The quantitative estimate of drug-likeness (QED) is 0.505. The van der Waals surface area contributed by atoms with Crippen LogP contribution in [0.15, 0.2) is 0 Å². The number of aliphatic carboxylic acids is 1. The molecule has 0 amide bonds. The van der Waals surface area contributed by atoms with Crippen LogP contribution in [0.5, 0.6) is 0 Å². The van der Waals surface area contributed by atoms with Crippen molar-refractivity contribution in [3.05, 3.63) is 0 Å². The molecule has 0 atom stereocenters. The Morgan fingerprint density at radius 1 is 1.67 bits per heavy atom. The molecule has 0 radical (unpaired) electrons. The van der Waals surface area contributed by atoms with E-state index in [1.54, 1.807) is 0 Å². The van der Waals surface area contributed by atoms with Crippen LogP contribution in [0.1, 0.15) is 6.92 Å². The van der Waals surface area contributed by atoms with Crippen molar-refractivity contribution in [1.82, 2.24) is 0 Å². The number of rotatable bonds is 0. The molecule has 0 aliphatic rings. The van der Waals surface area contributed by atoms with Gasteiger partial charge in [-0.05, 0) is 0 Å². The van der Waals surface area contributed by atoms with E-state index in [-0.39, 0.29) is 40.5 Å². The Hall–Kier alpha value is 0.694. The number of hydrogen-bond acceptors (Lipinski definition) is 1. The minimum absolute atomic E-state index is 0. The summed E-state index contributed by atoms with van der Waals surface area (Å²) >= 11 is 0. The van der Waals surface area contributed by atoms with Crippen molar-refractivity contribution in [3.63, 3.8) is 0 Å². The van der Waals surface area contributed by atoms with Crippen molar-refractivity contribution in [2.75, 3.05) is 0 Å². The molecule has 0 unspecified atom stereocenters. The molecule has 0 spiro atoms. The molecule has 2 nitrogen and oxygen atoms in total. The van der Waals surface area contributed by atoms with E-state index in [9.17, 15) is 0 Å². The molecule has 0 rings (SSSR count). The van der Waals surface area contributed by atoms with Crippen molar-refractivity contribution >= 4 is 29.9 Å². The fourth-order valence-electron chi connectivity index (χ4n) is 0. The summed E-state index contributed by atoms with van der Waals surface area (Å²) in [5.41, 5.74) is 0. The Morgan fingerprint density at radius 2 is 1.67 bits per heavy atom. The first kappa shape index (κ1) is 15.9. The largest absolute Gasteiger partial charge is 0.481 e. The van der Waals surface area contributed by atoms with Crippen molar-refractivity contribution in [1.29, 1.82) is 0 Å². The number of hydrogen-bond donors (Lipinski definition) is 1. The van der Waals surface area contributed by atoms with Gasteiger partial charge < -0.3 is 5.11 Å². The van der Waals surface area contributed by atoms with Gasteiger partial charge in [-0.2, -0.15) is 0 Å². The minimum Gasteiger partial charge on any atom is -0.481 e. The van der Waals surface area contributed by atoms with E-state index in [1.165, 1.54) is 0 Å². The number of carboxylic acid groups (broad SMARTS) is 1. The Balaban J connectivity index is -0.0000000450. The Morgan fingerprint density at radius 3 is 1.67 bits per heavy atom. The summed E-state index contributed by atoms with van der Waals surface area (Å²) in [6, 6.07) is 0. The summed E-state index contributed by atoms with van der Waals surface area (Å²) in [4.78, 5) is 9.00. The fraction of sp³-hybridized carbons (Fsp3) is 0.500. The average Bonchev–Trinajstić information content (AvgIpc) is 0.811. The molecule has 6 heavy (non-hydrogen) atoms. The van der Waals surface area contributed by atoms with Gasteiger partial charge in [-0.25, -0.2) is 0 Å². The second-order valence-electron chi connectivity index (χ2n) is 0.519. The Kier molecular flexibility index (Phi) is 24.4. The van der Waals surface area contributed by atoms with Crippen LogP contribution in [0, 0.1) is 0 Å². The van der Waals surface area contributed by atoms with Gasteiger partial charge in [0.2, 0.25) is 0 Å². The predicted molar refractivity (Wildman–Crippen MR) is 28.7 cm³/mol. The molecule has 42 valence electrons. The van der Waals surface area contributed by atoms with Crippen LogP contribution in [0.2, 0.25) is 0 Å². The van der Waals surface area contributed by atoms with Crippen LogP contribution in [0.25, 0.3) is 0 Å². The van der Waals surface area contributed by atoms with Gasteiger partial charge >= 0.3 is 0 Å². The van der Waals surface area contributed by atoms with Gasteiger partial charge in [-0.15, -0.1) is 24.0 Å². The molecule has 0 aromatic rings. The third-order valence-electron chi connectivity index (χ3n) is 0. The van der Waals surface area contributed by atoms with Gasteiger partial charge in [-0.1, -0.05) is 0 Å². The zero-order valence-electron chi connectivity index (χ0n) is 3.08. The van der Waals surface area contributed by atoms with E-state index in [2.05, 4.69) is 0 Å². The Labute approximate surface area is 63.3 Å². The molecule has 1 N–H and O–H groups in total. The third-order valence-corrected chi connectivity index (χ3v) is 0. The van der Waals surface area contributed by atoms with E-state index in [0.29, 0.717) is 0 Å². The standard InChI is InChI=1S/C2H4O2.HI.Ni/c1-2(3)4;;/h1H3,(H,3,4);1H;. The minimum atomic E-state index is -0.833. The number of carboxylic acids is 1. The topological polar surface area (TPSA) is 37.3 Å². The maximum absolute atomic E-state index is 9.00. The van der Waals surface area contributed by atoms with Gasteiger partial charge in [0.1, 0.15) is 0 Å². The molecule has 4 heteroatoms. The predicted octanol–water partition coefficient (Wildman–Crippen LogP) is 0.706. The van der Waals surface area contributed by atoms with Crippen molar-refractivity contribution in [3.8, 4) is 0 Å². The SMILES string of the molecule is CC(=O)O.I.[Ni]. The molecule has 0 saturated heterocycles. The zero-order valence-corrected chi connectivity index (χ0v) is 6.40. The van der Waals surface area contributed by atoms with Gasteiger partial charge in [0.15, 0.2) is 0 Å². The van der Waals surface area contributed by atoms with E-state index in [1.807, 2.05) is 0 Å². The molecule has 0 heterocycles. The number of halogens is 1. The van der Waals surface area contributed by atoms with Crippen LogP contribution >= 0.6 is 24.0 Å². The molecule has 0 aromatic heterocycles. The molecule has 0 aliphatic heterocycles. The molecule has 0 aromatic carbocycles. The summed E-state index contributed by atoms with van der Waals surface area (Å²) in [6.45, 7) is 1.08. The van der Waals surface area contributed by atoms with Gasteiger partial charge in [-0.3, -0.25) is 4.79 Å². The normalized spacial score (nSPS) is 4.17. The van der Waals surface area contributed by atoms with Crippen LogP contribution in [0.3, 0.4) is 0 Å². The van der Waals surface area contributed by atoms with Crippen LogP contribution < -0.4 is 0 Å². The van der Waals surface area contributed by atoms with Gasteiger partial charge in [0.05, 0.1) is 0 Å². The summed E-state index contributed by atoms with van der Waals surface area (Å²) in [5.74, 6) is -0.833. The van der Waals surface area contributed by atoms with E-state index < -0.39 is 5.97 Å². The summed E-state index contributed by atoms with van der Waals surface area (Å²) < 4.78 is 0. The van der Waals surface area contributed by atoms with Crippen LogP contribution in [-0.4, -0.2) is 11.1 Å². The third kappa shape index (κ3) is 133. The summed E-state index contributed by atoms with van der Waals surface area (Å²) in [5, 5.41) is 7.42. The van der Waals surface area contributed by atoms with Crippen molar-refractivity contribution in [2.45, 2.75) is 6.92 Å². The first-order valence-electron chi connectivity index (χ1n) is 0.928. The number of carbonyl (C=O) groups is 1.